The molecule has 0 saturated carbocycles. The molecular weight excluding hydrogens is 466 g/mol. The lowest BCUT2D eigenvalue weighted by molar-refractivity contribution is -0.124. The fraction of sp³-hybridized carbons (Fsp3) is 0.500. The highest BCUT2D eigenvalue weighted by molar-refractivity contribution is 8.00. The molecule has 2 atom stereocenters. The molecule has 2 amide bonds. The molecule has 0 bridgehead atoms. The number of ether oxygens (including phenoxy) is 3. The number of aromatic nitrogens is 1. The van der Waals surface area contributed by atoms with Gasteiger partial charge in [-0.3, -0.25) is 14.6 Å². The second-order valence-corrected chi connectivity index (χ2v) is 9.50. The minimum atomic E-state index is -0.554. The van der Waals surface area contributed by atoms with Crippen LogP contribution in [0.1, 0.15) is 48.7 Å². The van der Waals surface area contributed by atoms with Crippen molar-refractivity contribution >= 4 is 23.6 Å². The Labute approximate surface area is 211 Å². The van der Waals surface area contributed by atoms with Crippen LogP contribution in [0.25, 0.3) is 0 Å². The maximum Gasteiger partial charge on any atom is 0.255 e. The summed E-state index contributed by atoms with van der Waals surface area (Å²) in [6.45, 7) is 2.61. The van der Waals surface area contributed by atoms with E-state index in [0.29, 0.717) is 41.5 Å². The largest absolute Gasteiger partial charge is 0.493 e. The molecule has 1 aliphatic rings. The Bertz CT molecular complexity index is 963. The van der Waals surface area contributed by atoms with Crippen molar-refractivity contribution in [2.45, 2.75) is 50.4 Å². The van der Waals surface area contributed by atoms with Gasteiger partial charge in [0.1, 0.15) is 6.04 Å². The first kappa shape index (κ1) is 26.7. The van der Waals surface area contributed by atoms with Gasteiger partial charge < -0.3 is 24.4 Å². The monoisotopic (exact) mass is 501 g/mol. The number of methoxy groups -OCH3 is 3. The first-order valence-electron chi connectivity index (χ1n) is 12.0. The van der Waals surface area contributed by atoms with Gasteiger partial charge in [0.2, 0.25) is 11.7 Å². The number of nitrogens with one attached hydrogen (secondary N) is 1. The Balaban J connectivity index is 1.81. The third kappa shape index (κ3) is 6.60. The second-order valence-electron chi connectivity index (χ2n) is 8.29. The van der Waals surface area contributed by atoms with Gasteiger partial charge in [-0.15, -0.1) is 11.8 Å². The average Bonchev–Trinajstić information content (AvgIpc) is 3.31. The predicted octanol–water partition coefficient (Wildman–Crippen LogP) is 3.93. The molecule has 0 aliphatic carbocycles. The third-order valence-corrected chi connectivity index (χ3v) is 7.36. The number of benzene rings is 1. The molecule has 0 radical (unpaired) electrons. The summed E-state index contributed by atoms with van der Waals surface area (Å²) >= 11 is 1.66. The summed E-state index contributed by atoms with van der Waals surface area (Å²) in [5.41, 5.74) is 1.31. The van der Waals surface area contributed by atoms with Crippen molar-refractivity contribution in [1.82, 2.24) is 15.2 Å². The molecule has 1 saturated heterocycles. The molecule has 0 spiro atoms. The molecule has 2 unspecified atom stereocenters. The van der Waals surface area contributed by atoms with Crippen molar-refractivity contribution in [1.29, 1.82) is 0 Å². The van der Waals surface area contributed by atoms with Crippen LogP contribution < -0.4 is 19.5 Å². The van der Waals surface area contributed by atoms with E-state index in [1.807, 2.05) is 18.2 Å². The van der Waals surface area contributed by atoms with Crippen LogP contribution in [0, 0.1) is 0 Å². The molecule has 35 heavy (non-hydrogen) atoms. The van der Waals surface area contributed by atoms with E-state index in [9.17, 15) is 9.59 Å². The van der Waals surface area contributed by atoms with Gasteiger partial charge in [0.05, 0.1) is 26.7 Å². The van der Waals surface area contributed by atoms with Crippen molar-refractivity contribution < 1.29 is 23.8 Å². The van der Waals surface area contributed by atoms with E-state index >= 15 is 0 Å². The van der Waals surface area contributed by atoms with Crippen LogP contribution >= 0.6 is 11.8 Å². The number of pyridine rings is 1. The van der Waals surface area contributed by atoms with Crippen LogP contribution in [-0.2, 0) is 11.2 Å². The molecule has 1 aromatic heterocycles. The SMILES string of the molecule is CCCCCC1SCC(C(=O)NCCc2ccccn2)N1C(=O)c1cc(OC)c(OC)c(OC)c1. The van der Waals surface area contributed by atoms with E-state index < -0.39 is 6.04 Å². The molecular formula is C26H35N3O5S. The highest BCUT2D eigenvalue weighted by atomic mass is 32.2. The van der Waals surface area contributed by atoms with Crippen LogP contribution in [0.15, 0.2) is 36.5 Å². The molecule has 1 fully saturated rings. The lowest BCUT2D eigenvalue weighted by Gasteiger charge is -2.29. The number of hydrogen-bond donors (Lipinski definition) is 1. The van der Waals surface area contributed by atoms with Gasteiger partial charge in [-0.05, 0) is 30.7 Å². The zero-order chi connectivity index (χ0) is 25.2. The first-order chi connectivity index (χ1) is 17.0. The fourth-order valence-electron chi connectivity index (χ4n) is 4.16. The molecule has 2 aromatic rings. The van der Waals surface area contributed by atoms with E-state index in [1.54, 1.807) is 35.0 Å². The maximum absolute atomic E-state index is 13.8. The number of carbonyl (C=O) groups excluding carboxylic acids is 2. The number of carbonyl (C=O) groups is 2. The van der Waals surface area contributed by atoms with E-state index in [0.717, 1.165) is 31.4 Å². The van der Waals surface area contributed by atoms with Crippen molar-refractivity contribution in [3.8, 4) is 17.2 Å². The van der Waals surface area contributed by atoms with Gasteiger partial charge in [-0.2, -0.15) is 0 Å². The Morgan fingerprint density at radius 3 is 2.46 bits per heavy atom. The van der Waals surface area contributed by atoms with Crippen molar-refractivity contribution in [2.24, 2.45) is 0 Å². The normalized spacial score (nSPS) is 17.2. The molecule has 3 rings (SSSR count). The van der Waals surface area contributed by atoms with Gasteiger partial charge in [0.25, 0.3) is 5.91 Å². The lowest BCUT2D eigenvalue weighted by atomic mass is 10.1. The standard InChI is InChI=1S/C26H35N3O5S/c1-5-6-7-11-23-29(26(31)18-15-21(32-2)24(34-4)22(16-18)33-3)20(17-35-23)25(30)28-14-12-19-10-8-9-13-27-19/h8-10,13,15-16,20,23H,5-7,11-12,14,17H2,1-4H3,(H,28,30). The Hall–Kier alpha value is -2.94. The smallest absolute Gasteiger partial charge is 0.255 e. The van der Waals surface area contributed by atoms with Gasteiger partial charge >= 0.3 is 0 Å². The lowest BCUT2D eigenvalue weighted by Crippen LogP contribution is -2.50. The van der Waals surface area contributed by atoms with Crippen molar-refractivity contribution in [2.75, 3.05) is 33.6 Å². The minimum absolute atomic E-state index is 0.0697. The van der Waals surface area contributed by atoms with Gasteiger partial charge in [0, 0.05) is 36.2 Å². The Morgan fingerprint density at radius 1 is 1.11 bits per heavy atom. The van der Waals surface area contributed by atoms with Crippen molar-refractivity contribution in [3.05, 3.63) is 47.8 Å². The minimum Gasteiger partial charge on any atom is -0.493 e. The maximum atomic E-state index is 13.8. The van der Waals surface area contributed by atoms with Crippen molar-refractivity contribution in [3.63, 3.8) is 0 Å². The molecule has 1 aliphatic heterocycles. The molecule has 8 nitrogen and oxygen atoms in total. The van der Waals surface area contributed by atoms with E-state index in [2.05, 4.69) is 17.2 Å². The summed E-state index contributed by atoms with van der Waals surface area (Å²) in [7, 11) is 4.55. The molecule has 1 aromatic carbocycles. The van der Waals surface area contributed by atoms with Gasteiger partial charge in [-0.25, -0.2) is 0 Å². The van der Waals surface area contributed by atoms with Crippen LogP contribution in [-0.4, -0.2) is 66.7 Å². The first-order valence-corrected chi connectivity index (χ1v) is 13.0. The van der Waals surface area contributed by atoms with Gasteiger partial charge in [-0.1, -0.05) is 32.3 Å². The second kappa shape index (κ2) is 13.2. The fourth-order valence-corrected chi connectivity index (χ4v) is 5.61. The number of nitrogens with zero attached hydrogens (tertiary/aromatic N) is 2. The summed E-state index contributed by atoms with van der Waals surface area (Å²) in [5, 5.41) is 2.94. The molecule has 2 heterocycles. The number of unbranched alkanes of at least 4 members (excludes halogenated alkanes) is 2. The van der Waals surface area contributed by atoms with E-state index in [-0.39, 0.29) is 17.2 Å². The molecule has 9 heteroatoms. The number of thioether (sulfide) groups is 1. The summed E-state index contributed by atoms with van der Waals surface area (Å²) in [4.78, 5) is 33.0. The summed E-state index contributed by atoms with van der Waals surface area (Å²) in [6.07, 6.45) is 6.39. The number of hydrogen-bond acceptors (Lipinski definition) is 7. The molecule has 190 valence electrons. The van der Waals surface area contributed by atoms with Crippen LogP contribution in [0.2, 0.25) is 0 Å². The average molecular weight is 502 g/mol. The van der Waals surface area contributed by atoms with Crippen LogP contribution in [0.5, 0.6) is 17.2 Å². The Kier molecular flexibility index (Phi) is 10.1. The Morgan fingerprint density at radius 2 is 1.86 bits per heavy atom. The van der Waals surface area contributed by atoms with Crippen LogP contribution in [0.4, 0.5) is 0 Å². The highest BCUT2D eigenvalue weighted by Gasteiger charge is 2.41. The zero-order valence-corrected chi connectivity index (χ0v) is 21.7. The van der Waals surface area contributed by atoms with E-state index in [4.69, 9.17) is 14.2 Å². The topological polar surface area (TPSA) is 90.0 Å². The van der Waals surface area contributed by atoms with E-state index in [1.165, 1.54) is 21.3 Å². The third-order valence-electron chi connectivity index (χ3n) is 6.00. The summed E-state index contributed by atoms with van der Waals surface area (Å²) < 4.78 is 16.3. The summed E-state index contributed by atoms with van der Waals surface area (Å²) in [6, 6.07) is 8.46. The predicted molar refractivity (Wildman–Crippen MR) is 137 cm³/mol. The molecule has 1 N–H and O–H groups in total. The quantitative estimate of drug-likeness (QED) is 0.441. The number of amides is 2. The van der Waals surface area contributed by atoms with Gasteiger partial charge in [0.15, 0.2) is 11.5 Å². The van der Waals surface area contributed by atoms with Crippen LogP contribution in [0.3, 0.4) is 0 Å². The highest BCUT2D eigenvalue weighted by Crippen LogP contribution is 2.40. The zero-order valence-electron chi connectivity index (χ0n) is 20.9. The summed E-state index contributed by atoms with van der Waals surface area (Å²) in [5.74, 6) is 1.42. The number of rotatable bonds is 12.